The summed E-state index contributed by atoms with van der Waals surface area (Å²) in [6.45, 7) is 3.19. The summed E-state index contributed by atoms with van der Waals surface area (Å²) >= 11 is 0. The number of carbonyl (C=O) groups excluding carboxylic acids is 1. The van der Waals surface area contributed by atoms with Crippen molar-refractivity contribution in [2.75, 3.05) is 6.54 Å². The Balaban J connectivity index is 2.48. The Morgan fingerprint density at radius 2 is 1.95 bits per heavy atom. The van der Waals surface area contributed by atoms with E-state index in [1.165, 1.54) is 6.07 Å². The van der Waals surface area contributed by atoms with Gasteiger partial charge in [-0.15, -0.1) is 0 Å². The molecule has 0 spiro atoms. The second kappa shape index (κ2) is 7.19. The Kier molecular flexibility index (Phi) is 5.88. The second-order valence-corrected chi connectivity index (χ2v) is 5.39. The summed E-state index contributed by atoms with van der Waals surface area (Å²) in [5.41, 5.74) is 0.284. The highest BCUT2D eigenvalue weighted by atomic mass is 19.3. The third-order valence-corrected chi connectivity index (χ3v) is 2.30. The quantitative estimate of drug-likeness (QED) is 0.843. The monoisotopic (exact) mass is 286 g/mol. The van der Waals surface area contributed by atoms with Crippen molar-refractivity contribution in [1.82, 2.24) is 10.6 Å². The first kappa shape index (κ1) is 16.4. The SMILES string of the molecule is CC(C)(C)NC(=O)CNCc1ccccc1OC(F)F. The van der Waals surface area contributed by atoms with Gasteiger partial charge in [0.25, 0.3) is 0 Å². The highest BCUT2D eigenvalue weighted by Gasteiger charge is 2.13. The maximum absolute atomic E-state index is 12.2. The average molecular weight is 286 g/mol. The molecule has 0 aliphatic carbocycles. The fourth-order valence-electron chi connectivity index (χ4n) is 1.63. The lowest BCUT2D eigenvalue weighted by atomic mass is 10.1. The van der Waals surface area contributed by atoms with E-state index in [9.17, 15) is 13.6 Å². The molecule has 1 rings (SSSR count). The van der Waals surface area contributed by atoms with Gasteiger partial charge in [-0.3, -0.25) is 4.79 Å². The Bertz CT molecular complexity index is 445. The predicted molar refractivity (Wildman–Crippen MR) is 72.7 cm³/mol. The largest absolute Gasteiger partial charge is 0.434 e. The van der Waals surface area contributed by atoms with E-state index in [2.05, 4.69) is 15.4 Å². The van der Waals surface area contributed by atoms with E-state index < -0.39 is 6.61 Å². The van der Waals surface area contributed by atoms with Crippen molar-refractivity contribution in [2.45, 2.75) is 39.5 Å². The first-order chi connectivity index (χ1) is 9.28. The second-order valence-electron chi connectivity index (χ2n) is 5.39. The van der Waals surface area contributed by atoms with Crippen LogP contribution in [0.1, 0.15) is 26.3 Å². The topological polar surface area (TPSA) is 50.4 Å². The molecule has 1 amide bonds. The fraction of sp³-hybridized carbons (Fsp3) is 0.500. The van der Waals surface area contributed by atoms with E-state index in [4.69, 9.17) is 0 Å². The zero-order valence-electron chi connectivity index (χ0n) is 11.9. The minimum absolute atomic E-state index is 0.111. The van der Waals surface area contributed by atoms with Gasteiger partial charge >= 0.3 is 6.61 Å². The molecular weight excluding hydrogens is 266 g/mol. The number of carbonyl (C=O) groups is 1. The van der Waals surface area contributed by atoms with Crippen LogP contribution in [0, 0.1) is 0 Å². The van der Waals surface area contributed by atoms with E-state index in [1.54, 1.807) is 18.2 Å². The summed E-state index contributed by atoms with van der Waals surface area (Å²) in [5.74, 6) is -0.0315. The molecule has 0 fully saturated rings. The number of ether oxygens (including phenoxy) is 1. The molecule has 4 nitrogen and oxygen atoms in total. The molecule has 0 saturated heterocycles. The predicted octanol–water partition coefficient (Wildman–Crippen LogP) is 2.29. The maximum atomic E-state index is 12.2. The van der Waals surface area contributed by atoms with Gasteiger partial charge in [0.05, 0.1) is 6.54 Å². The molecule has 112 valence electrons. The summed E-state index contributed by atoms with van der Waals surface area (Å²) in [7, 11) is 0. The molecule has 0 atom stereocenters. The molecule has 1 aromatic rings. The Hall–Kier alpha value is -1.69. The minimum Gasteiger partial charge on any atom is -0.434 e. The van der Waals surface area contributed by atoms with Crippen LogP contribution in [0.4, 0.5) is 8.78 Å². The van der Waals surface area contributed by atoms with Crippen LogP contribution in [-0.4, -0.2) is 24.6 Å². The number of rotatable bonds is 6. The zero-order valence-corrected chi connectivity index (χ0v) is 11.9. The molecule has 2 N–H and O–H groups in total. The van der Waals surface area contributed by atoms with E-state index in [1.807, 2.05) is 20.8 Å². The molecule has 0 heterocycles. The van der Waals surface area contributed by atoms with Gasteiger partial charge in [-0.1, -0.05) is 18.2 Å². The molecule has 0 aliphatic heterocycles. The van der Waals surface area contributed by atoms with E-state index in [-0.39, 0.29) is 30.3 Å². The molecule has 0 saturated carbocycles. The van der Waals surface area contributed by atoms with Crippen molar-refractivity contribution >= 4 is 5.91 Å². The maximum Gasteiger partial charge on any atom is 0.387 e. The normalized spacial score (nSPS) is 11.5. The van der Waals surface area contributed by atoms with Crippen molar-refractivity contribution in [1.29, 1.82) is 0 Å². The molecule has 6 heteroatoms. The summed E-state index contributed by atoms with van der Waals surface area (Å²) < 4.78 is 28.9. The van der Waals surface area contributed by atoms with Gasteiger partial charge in [-0.25, -0.2) is 0 Å². The number of hydrogen-bond acceptors (Lipinski definition) is 3. The van der Waals surface area contributed by atoms with E-state index >= 15 is 0 Å². The third-order valence-electron chi connectivity index (χ3n) is 2.30. The Morgan fingerprint density at radius 1 is 1.30 bits per heavy atom. The van der Waals surface area contributed by atoms with Gasteiger partial charge in [0.1, 0.15) is 5.75 Å². The van der Waals surface area contributed by atoms with Crippen LogP contribution < -0.4 is 15.4 Å². The van der Waals surface area contributed by atoms with Gasteiger partial charge in [0, 0.05) is 17.6 Å². The smallest absolute Gasteiger partial charge is 0.387 e. The van der Waals surface area contributed by atoms with E-state index in [0.29, 0.717) is 5.56 Å². The van der Waals surface area contributed by atoms with Gasteiger partial charge in [-0.2, -0.15) is 8.78 Å². The van der Waals surface area contributed by atoms with Crippen molar-refractivity contribution in [3.05, 3.63) is 29.8 Å². The number of amides is 1. The molecule has 0 aromatic heterocycles. The molecule has 20 heavy (non-hydrogen) atoms. The van der Waals surface area contributed by atoms with Gasteiger partial charge in [0.15, 0.2) is 0 Å². The first-order valence-corrected chi connectivity index (χ1v) is 6.32. The number of benzene rings is 1. The molecule has 0 unspecified atom stereocenters. The van der Waals surface area contributed by atoms with Crippen molar-refractivity contribution in [3.63, 3.8) is 0 Å². The van der Waals surface area contributed by atoms with Crippen LogP contribution >= 0.6 is 0 Å². The van der Waals surface area contributed by atoms with E-state index in [0.717, 1.165) is 0 Å². The lowest BCUT2D eigenvalue weighted by Crippen LogP contribution is -2.44. The van der Waals surface area contributed by atoms with Crippen molar-refractivity contribution in [2.24, 2.45) is 0 Å². The molecule has 0 radical (unpaired) electrons. The Morgan fingerprint density at radius 3 is 2.55 bits per heavy atom. The van der Waals surface area contributed by atoms with Gasteiger partial charge in [-0.05, 0) is 26.8 Å². The first-order valence-electron chi connectivity index (χ1n) is 6.32. The summed E-state index contributed by atoms with van der Waals surface area (Å²) in [5, 5.41) is 5.70. The standard InChI is InChI=1S/C14H20F2N2O2/c1-14(2,3)18-12(19)9-17-8-10-6-4-5-7-11(10)20-13(15)16/h4-7,13,17H,8-9H2,1-3H3,(H,18,19). The number of para-hydroxylation sites is 1. The molecule has 1 aromatic carbocycles. The van der Waals surface area contributed by atoms with Crippen LogP contribution in [0.15, 0.2) is 24.3 Å². The van der Waals surface area contributed by atoms with Crippen LogP contribution in [0.3, 0.4) is 0 Å². The Labute approximate surface area is 117 Å². The van der Waals surface area contributed by atoms with Gasteiger partial charge in [0.2, 0.25) is 5.91 Å². The van der Waals surface area contributed by atoms with Crippen LogP contribution in [0.25, 0.3) is 0 Å². The molecular formula is C14H20F2N2O2. The fourth-order valence-corrected chi connectivity index (χ4v) is 1.63. The number of hydrogen-bond donors (Lipinski definition) is 2. The summed E-state index contributed by atoms with van der Waals surface area (Å²) in [6, 6.07) is 6.49. The summed E-state index contributed by atoms with van der Waals surface area (Å²) in [4.78, 5) is 11.6. The van der Waals surface area contributed by atoms with Crippen molar-refractivity contribution < 1.29 is 18.3 Å². The lowest BCUT2D eigenvalue weighted by Gasteiger charge is -2.20. The van der Waals surface area contributed by atoms with Crippen molar-refractivity contribution in [3.8, 4) is 5.75 Å². The number of halogens is 2. The van der Waals surface area contributed by atoms with Crippen LogP contribution in [-0.2, 0) is 11.3 Å². The minimum atomic E-state index is -2.86. The third kappa shape index (κ3) is 6.47. The zero-order chi connectivity index (χ0) is 15.2. The van der Waals surface area contributed by atoms with Crippen LogP contribution in [0.2, 0.25) is 0 Å². The average Bonchev–Trinajstić information content (AvgIpc) is 2.28. The lowest BCUT2D eigenvalue weighted by molar-refractivity contribution is -0.121. The molecule has 0 aliphatic rings. The number of alkyl halides is 2. The summed E-state index contributed by atoms with van der Waals surface area (Å²) in [6.07, 6.45) is 0. The highest BCUT2D eigenvalue weighted by molar-refractivity contribution is 5.78. The molecule has 0 bridgehead atoms. The van der Waals surface area contributed by atoms with Crippen LogP contribution in [0.5, 0.6) is 5.75 Å². The number of nitrogens with one attached hydrogen (secondary N) is 2. The highest BCUT2D eigenvalue weighted by Crippen LogP contribution is 2.19. The van der Waals surface area contributed by atoms with Gasteiger partial charge < -0.3 is 15.4 Å².